The molecule has 1 rings (SSSR count). The van der Waals surface area contributed by atoms with Gasteiger partial charge in [0, 0.05) is 6.04 Å². The topological polar surface area (TPSA) is 84.2 Å². The number of hydrogen-bond donors (Lipinski definition) is 3. The highest BCUT2D eigenvalue weighted by Gasteiger charge is 2.27. The Morgan fingerprint density at radius 2 is 2.05 bits per heavy atom. The second-order valence-corrected chi connectivity index (χ2v) is 6.40. The van der Waals surface area contributed by atoms with Crippen molar-refractivity contribution in [3.63, 3.8) is 0 Å². The minimum Gasteiger partial charge on any atom is -0.368 e. The third-order valence-electron chi connectivity index (χ3n) is 3.49. The van der Waals surface area contributed by atoms with Crippen LogP contribution in [0.1, 0.15) is 39.0 Å². The van der Waals surface area contributed by atoms with E-state index in [4.69, 9.17) is 5.73 Å². The molecule has 5 nitrogen and oxygen atoms in total. The zero-order chi connectivity index (χ0) is 14.3. The van der Waals surface area contributed by atoms with Gasteiger partial charge >= 0.3 is 0 Å². The molecule has 4 N–H and O–H groups in total. The van der Waals surface area contributed by atoms with Gasteiger partial charge in [-0.1, -0.05) is 6.42 Å². The summed E-state index contributed by atoms with van der Waals surface area (Å²) in [5.41, 5.74) is 4.74. The fourth-order valence-corrected chi connectivity index (χ4v) is 2.54. The van der Waals surface area contributed by atoms with Gasteiger partial charge in [-0.25, -0.2) is 0 Å². The van der Waals surface area contributed by atoms with Crippen molar-refractivity contribution >= 4 is 23.6 Å². The van der Waals surface area contributed by atoms with Gasteiger partial charge in [0.15, 0.2) is 0 Å². The molecule has 6 heteroatoms. The highest BCUT2D eigenvalue weighted by Crippen LogP contribution is 2.19. The quantitative estimate of drug-likeness (QED) is 0.515. The molecule has 0 aromatic heterocycles. The first-order chi connectivity index (χ1) is 8.98. The van der Waals surface area contributed by atoms with Gasteiger partial charge in [0.1, 0.15) is 0 Å². The number of thioether (sulfide) groups is 1. The summed E-state index contributed by atoms with van der Waals surface area (Å²) in [4.78, 5) is 22.7. The van der Waals surface area contributed by atoms with Crippen LogP contribution in [0.5, 0.6) is 0 Å². The number of hydrogen-bond acceptors (Lipinski definition) is 4. The molecule has 110 valence electrons. The lowest BCUT2D eigenvalue weighted by Crippen LogP contribution is -2.51. The molecule has 2 amide bonds. The maximum atomic E-state index is 11.4. The third-order valence-corrected chi connectivity index (χ3v) is 4.53. The lowest BCUT2D eigenvalue weighted by molar-refractivity contribution is -0.124. The first-order valence-corrected chi connectivity index (χ1v) is 7.99. The predicted octanol–water partition coefficient (Wildman–Crippen LogP) is 0.632. The molecule has 1 aliphatic rings. The number of nitrogens with two attached hydrogens (primary N) is 1. The molecule has 19 heavy (non-hydrogen) atoms. The van der Waals surface area contributed by atoms with Gasteiger partial charge in [-0.3, -0.25) is 9.59 Å². The molecule has 0 heterocycles. The number of likely N-dealkylation sites (N-methyl/N-ethyl adjacent to an activating group) is 1. The predicted molar refractivity (Wildman–Crippen MR) is 79.0 cm³/mol. The van der Waals surface area contributed by atoms with Crippen LogP contribution < -0.4 is 16.4 Å². The molecule has 1 aliphatic carbocycles. The molecule has 0 aliphatic heterocycles. The molecule has 1 saturated carbocycles. The number of carbonyl (C=O) groups is 2. The molecular formula is C13H25N3O2S. The van der Waals surface area contributed by atoms with Gasteiger partial charge in [-0.15, -0.1) is 0 Å². The van der Waals surface area contributed by atoms with Crippen LogP contribution in [0.25, 0.3) is 0 Å². The Morgan fingerprint density at radius 1 is 1.37 bits per heavy atom. The van der Waals surface area contributed by atoms with Crippen LogP contribution in [0.2, 0.25) is 0 Å². The Labute approximate surface area is 119 Å². The van der Waals surface area contributed by atoms with E-state index >= 15 is 0 Å². The minimum atomic E-state index is -0.617. The van der Waals surface area contributed by atoms with Crippen molar-refractivity contribution in [2.75, 3.05) is 18.6 Å². The molecule has 1 atom stereocenters. The SMILES string of the molecule is CNC(C)(CCCCSCC(=O)NC1CC1)C(N)=O. The zero-order valence-electron chi connectivity index (χ0n) is 11.8. The summed E-state index contributed by atoms with van der Waals surface area (Å²) >= 11 is 1.65. The van der Waals surface area contributed by atoms with E-state index in [2.05, 4.69) is 10.6 Å². The van der Waals surface area contributed by atoms with Crippen LogP contribution in [0.15, 0.2) is 0 Å². The number of nitrogens with one attached hydrogen (secondary N) is 2. The Balaban J connectivity index is 2.00. The molecule has 0 spiro atoms. The fraction of sp³-hybridized carbons (Fsp3) is 0.846. The second kappa shape index (κ2) is 7.75. The monoisotopic (exact) mass is 287 g/mol. The van der Waals surface area contributed by atoms with Gasteiger partial charge in [0.2, 0.25) is 11.8 Å². The maximum Gasteiger partial charge on any atom is 0.237 e. The Bertz CT molecular complexity index is 321. The average molecular weight is 287 g/mol. The number of amides is 2. The van der Waals surface area contributed by atoms with Crippen LogP contribution in [0.3, 0.4) is 0 Å². The van der Waals surface area contributed by atoms with E-state index in [0.29, 0.717) is 11.8 Å². The molecule has 0 saturated heterocycles. The van der Waals surface area contributed by atoms with Crippen molar-refractivity contribution in [3.05, 3.63) is 0 Å². The van der Waals surface area contributed by atoms with Gasteiger partial charge in [-0.2, -0.15) is 11.8 Å². The molecule has 0 bridgehead atoms. The summed E-state index contributed by atoms with van der Waals surface area (Å²) in [6, 6.07) is 0.444. The molecular weight excluding hydrogens is 262 g/mol. The summed E-state index contributed by atoms with van der Waals surface area (Å²) < 4.78 is 0. The van der Waals surface area contributed by atoms with Crippen LogP contribution in [0, 0.1) is 0 Å². The summed E-state index contributed by atoms with van der Waals surface area (Å²) in [7, 11) is 1.75. The summed E-state index contributed by atoms with van der Waals surface area (Å²) in [5.74, 6) is 1.31. The summed E-state index contributed by atoms with van der Waals surface area (Å²) in [5, 5.41) is 5.93. The van der Waals surface area contributed by atoms with Crippen LogP contribution in [0.4, 0.5) is 0 Å². The Hall–Kier alpha value is -0.750. The first-order valence-electron chi connectivity index (χ1n) is 6.84. The van der Waals surface area contributed by atoms with Crippen molar-refractivity contribution in [1.29, 1.82) is 0 Å². The smallest absolute Gasteiger partial charge is 0.237 e. The maximum absolute atomic E-state index is 11.4. The standard InChI is InChI=1S/C13H25N3O2S/c1-13(15-2,12(14)18)7-3-4-8-19-9-11(17)16-10-5-6-10/h10,15H,3-9H2,1-2H3,(H2,14,18)(H,16,17). The molecule has 1 fully saturated rings. The van der Waals surface area contributed by atoms with Crippen LogP contribution in [-0.4, -0.2) is 41.9 Å². The van der Waals surface area contributed by atoms with Crippen LogP contribution >= 0.6 is 11.8 Å². The van der Waals surface area contributed by atoms with Crippen molar-refractivity contribution in [3.8, 4) is 0 Å². The third kappa shape index (κ3) is 6.29. The Morgan fingerprint density at radius 3 is 2.58 bits per heavy atom. The van der Waals surface area contributed by atoms with Crippen molar-refractivity contribution in [2.45, 2.75) is 50.6 Å². The number of unbranched alkanes of at least 4 members (excludes halogenated alkanes) is 1. The summed E-state index contributed by atoms with van der Waals surface area (Å²) in [6.45, 7) is 1.82. The van der Waals surface area contributed by atoms with Crippen molar-refractivity contribution in [2.24, 2.45) is 5.73 Å². The largest absolute Gasteiger partial charge is 0.368 e. The van der Waals surface area contributed by atoms with E-state index in [-0.39, 0.29) is 11.8 Å². The van der Waals surface area contributed by atoms with Crippen molar-refractivity contribution in [1.82, 2.24) is 10.6 Å². The van der Waals surface area contributed by atoms with E-state index in [0.717, 1.165) is 37.9 Å². The first kappa shape index (κ1) is 16.3. The number of carbonyl (C=O) groups excluding carboxylic acids is 2. The Kier molecular flexibility index (Phi) is 6.65. The second-order valence-electron chi connectivity index (χ2n) is 5.30. The summed E-state index contributed by atoms with van der Waals surface area (Å²) in [6.07, 6.45) is 4.91. The van der Waals surface area contributed by atoms with Gasteiger partial charge < -0.3 is 16.4 Å². The van der Waals surface area contributed by atoms with Gasteiger partial charge in [0.25, 0.3) is 0 Å². The fourth-order valence-electron chi connectivity index (χ4n) is 1.72. The minimum absolute atomic E-state index is 0.143. The van der Waals surface area contributed by atoms with Gasteiger partial charge in [-0.05, 0) is 45.4 Å². The highest BCUT2D eigenvalue weighted by molar-refractivity contribution is 7.99. The average Bonchev–Trinajstić information content (AvgIpc) is 3.16. The molecule has 0 radical (unpaired) electrons. The molecule has 1 unspecified atom stereocenters. The lowest BCUT2D eigenvalue weighted by Gasteiger charge is -2.25. The van der Waals surface area contributed by atoms with Gasteiger partial charge in [0.05, 0.1) is 11.3 Å². The molecule has 0 aromatic rings. The van der Waals surface area contributed by atoms with Crippen molar-refractivity contribution < 1.29 is 9.59 Å². The lowest BCUT2D eigenvalue weighted by atomic mass is 9.94. The highest BCUT2D eigenvalue weighted by atomic mass is 32.2. The molecule has 0 aromatic carbocycles. The van der Waals surface area contributed by atoms with E-state index in [1.807, 2.05) is 6.92 Å². The van der Waals surface area contributed by atoms with E-state index < -0.39 is 5.54 Å². The number of rotatable bonds is 10. The van der Waals surface area contributed by atoms with E-state index in [9.17, 15) is 9.59 Å². The number of primary amides is 1. The van der Waals surface area contributed by atoms with Crippen LogP contribution in [-0.2, 0) is 9.59 Å². The van der Waals surface area contributed by atoms with E-state index in [1.54, 1.807) is 18.8 Å². The van der Waals surface area contributed by atoms with E-state index in [1.165, 1.54) is 0 Å². The normalized spacial score (nSPS) is 17.8. The zero-order valence-corrected chi connectivity index (χ0v) is 12.6.